The lowest BCUT2D eigenvalue weighted by Gasteiger charge is -2.08. The Morgan fingerprint density at radius 2 is 2.17 bits per heavy atom. The molecule has 1 amide bonds. The molecular weight excluding hydrogens is 340 g/mol. The molecule has 0 saturated carbocycles. The fourth-order valence-corrected chi connectivity index (χ4v) is 3.56. The molecule has 24 heavy (non-hydrogen) atoms. The van der Waals surface area contributed by atoms with Crippen molar-refractivity contribution in [1.82, 2.24) is 20.1 Å². The van der Waals surface area contributed by atoms with Gasteiger partial charge in [-0.25, -0.2) is 0 Å². The van der Waals surface area contributed by atoms with E-state index in [0.717, 1.165) is 10.6 Å². The van der Waals surface area contributed by atoms with Crippen molar-refractivity contribution in [3.63, 3.8) is 0 Å². The second-order valence-corrected chi connectivity index (χ2v) is 7.37. The van der Waals surface area contributed by atoms with Gasteiger partial charge in [0.05, 0.1) is 12.3 Å². The maximum Gasteiger partial charge on any atom is 0.230 e. The summed E-state index contributed by atoms with van der Waals surface area (Å²) < 4.78 is 1.91. The zero-order valence-corrected chi connectivity index (χ0v) is 15.2. The number of thioether (sulfide) groups is 1. The van der Waals surface area contributed by atoms with E-state index in [2.05, 4.69) is 41.5 Å². The summed E-state index contributed by atoms with van der Waals surface area (Å²) in [5, 5.41) is 13.7. The molecule has 7 heteroatoms. The molecule has 3 rings (SSSR count). The van der Waals surface area contributed by atoms with Gasteiger partial charge in [-0.05, 0) is 48.6 Å². The fraction of sp³-hybridized carbons (Fsp3) is 0.235. The molecule has 3 aromatic rings. The highest BCUT2D eigenvalue weighted by Gasteiger charge is 2.10. The van der Waals surface area contributed by atoms with E-state index in [1.807, 2.05) is 28.1 Å². The highest BCUT2D eigenvalue weighted by Crippen LogP contribution is 2.21. The summed E-state index contributed by atoms with van der Waals surface area (Å²) in [5.41, 5.74) is 3.46. The van der Waals surface area contributed by atoms with E-state index < -0.39 is 0 Å². The van der Waals surface area contributed by atoms with Gasteiger partial charge in [-0.3, -0.25) is 9.36 Å². The smallest absolute Gasteiger partial charge is 0.230 e. The Labute approximate surface area is 149 Å². The Morgan fingerprint density at radius 1 is 1.29 bits per heavy atom. The van der Waals surface area contributed by atoms with E-state index >= 15 is 0 Å². The topological polar surface area (TPSA) is 59.8 Å². The number of nitrogens with zero attached hydrogens (tertiary/aromatic N) is 3. The number of aryl methyl sites for hydroxylation is 2. The van der Waals surface area contributed by atoms with Crippen LogP contribution in [-0.4, -0.2) is 26.4 Å². The average molecular weight is 358 g/mol. The minimum absolute atomic E-state index is 0.0111. The monoisotopic (exact) mass is 358 g/mol. The lowest BCUT2D eigenvalue weighted by atomic mass is 10.1. The second kappa shape index (κ2) is 7.63. The van der Waals surface area contributed by atoms with Crippen LogP contribution in [0, 0.1) is 13.8 Å². The normalized spacial score (nSPS) is 10.8. The van der Waals surface area contributed by atoms with Crippen molar-refractivity contribution in [3.05, 3.63) is 58.0 Å². The molecule has 0 atom stereocenters. The lowest BCUT2D eigenvalue weighted by molar-refractivity contribution is -0.118. The van der Waals surface area contributed by atoms with Gasteiger partial charge in [-0.1, -0.05) is 23.9 Å². The summed E-state index contributed by atoms with van der Waals surface area (Å²) in [5.74, 6) is 0.303. The first-order chi connectivity index (χ1) is 11.6. The van der Waals surface area contributed by atoms with Crippen LogP contribution >= 0.6 is 23.1 Å². The van der Waals surface area contributed by atoms with Gasteiger partial charge in [0.2, 0.25) is 5.91 Å². The molecule has 0 aliphatic heterocycles. The van der Waals surface area contributed by atoms with Gasteiger partial charge in [-0.2, -0.15) is 0 Å². The molecule has 1 N–H and O–H groups in total. The number of hydrogen-bond acceptors (Lipinski definition) is 5. The highest BCUT2D eigenvalue weighted by molar-refractivity contribution is 7.99. The molecule has 0 saturated heterocycles. The van der Waals surface area contributed by atoms with Gasteiger partial charge in [0.1, 0.15) is 6.33 Å². The molecule has 0 spiro atoms. The first-order valence-electron chi connectivity index (χ1n) is 7.53. The number of carbonyl (C=O) groups is 1. The van der Waals surface area contributed by atoms with Crippen molar-refractivity contribution < 1.29 is 4.79 Å². The zero-order valence-electron chi connectivity index (χ0n) is 13.5. The van der Waals surface area contributed by atoms with Crippen molar-refractivity contribution in [1.29, 1.82) is 0 Å². The van der Waals surface area contributed by atoms with Crippen molar-refractivity contribution in [3.8, 4) is 5.69 Å². The fourth-order valence-electron chi connectivity index (χ4n) is 2.16. The molecule has 0 aliphatic carbocycles. The summed E-state index contributed by atoms with van der Waals surface area (Å²) in [6, 6.07) is 10.2. The number of thiophene rings is 1. The zero-order chi connectivity index (χ0) is 16.9. The minimum atomic E-state index is -0.0111. The quantitative estimate of drug-likeness (QED) is 0.687. The molecule has 124 valence electrons. The van der Waals surface area contributed by atoms with Gasteiger partial charge >= 0.3 is 0 Å². The predicted octanol–water partition coefficient (Wildman–Crippen LogP) is 3.35. The number of rotatable bonds is 6. The molecule has 0 unspecified atom stereocenters. The van der Waals surface area contributed by atoms with Crippen LogP contribution in [0.5, 0.6) is 0 Å². The van der Waals surface area contributed by atoms with Crippen LogP contribution in [0.4, 0.5) is 0 Å². The van der Waals surface area contributed by atoms with Crippen LogP contribution in [0.15, 0.2) is 47.2 Å². The number of amides is 1. The first-order valence-corrected chi connectivity index (χ1v) is 9.39. The minimum Gasteiger partial charge on any atom is -0.350 e. The van der Waals surface area contributed by atoms with Crippen molar-refractivity contribution >= 4 is 29.0 Å². The van der Waals surface area contributed by atoms with Crippen LogP contribution in [0.2, 0.25) is 0 Å². The summed E-state index contributed by atoms with van der Waals surface area (Å²) >= 11 is 3.02. The van der Waals surface area contributed by atoms with Crippen LogP contribution in [0.25, 0.3) is 5.69 Å². The summed E-state index contributed by atoms with van der Waals surface area (Å²) in [6.07, 6.45) is 1.68. The Bertz CT molecular complexity index is 827. The van der Waals surface area contributed by atoms with E-state index in [0.29, 0.717) is 17.5 Å². The Kier molecular flexibility index (Phi) is 5.32. The third-order valence-corrected chi connectivity index (χ3v) is 5.48. The highest BCUT2D eigenvalue weighted by atomic mass is 32.2. The predicted molar refractivity (Wildman–Crippen MR) is 97.7 cm³/mol. The Balaban J connectivity index is 1.61. The van der Waals surface area contributed by atoms with Gasteiger partial charge in [-0.15, -0.1) is 21.5 Å². The largest absolute Gasteiger partial charge is 0.350 e. The van der Waals surface area contributed by atoms with Crippen molar-refractivity contribution in [2.75, 3.05) is 5.75 Å². The average Bonchev–Trinajstić information content (AvgIpc) is 3.25. The molecule has 1 aromatic carbocycles. The molecule has 0 fully saturated rings. The van der Waals surface area contributed by atoms with E-state index in [4.69, 9.17) is 0 Å². The second-order valence-electron chi connectivity index (χ2n) is 5.40. The number of carbonyl (C=O) groups excluding carboxylic acids is 1. The van der Waals surface area contributed by atoms with Crippen LogP contribution in [0.3, 0.4) is 0 Å². The number of benzene rings is 1. The van der Waals surface area contributed by atoms with Crippen molar-refractivity contribution in [2.24, 2.45) is 0 Å². The van der Waals surface area contributed by atoms with Gasteiger partial charge in [0.15, 0.2) is 5.16 Å². The molecule has 0 aliphatic rings. The maximum atomic E-state index is 12.0. The SMILES string of the molecule is Cc1ccc(-n2cnnc2SCC(=O)NCc2cccs2)cc1C. The molecule has 2 aromatic heterocycles. The molecule has 5 nitrogen and oxygen atoms in total. The van der Waals surface area contributed by atoms with Crippen LogP contribution in [0.1, 0.15) is 16.0 Å². The third kappa shape index (κ3) is 4.04. The first kappa shape index (κ1) is 16.7. The van der Waals surface area contributed by atoms with E-state index in [9.17, 15) is 4.79 Å². The Morgan fingerprint density at radius 3 is 2.92 bits per heavy atom. The van der Waals surface area contributed by atoms with Gasteiger partial charge < -0.3 is 5.32 Å². The number of hydrogen-bond donors (Lipinski definition) is 1. The molecule has 2 heterocycles. The van der Waals surface area contributed by atoms with E-state index in [-0.39, 0.29) is 5.91 Å². The van der Waals surface area contributed by atoms with Crippen molar-refractivity contribution in [2.45, 2.75) is 25.5 Å². The molecular formula is C17H18N4OS2. The molecule has 0 radical (unpaired) electrons. The van der Waals surface area contributed by atoms with Crippen LogP contribution < -0.4 is 5.32 Å². The standard InChI is InChI=1S/C17H18N4OS2/c1-12-5-6-14(8-13(12)2)21-11-19-20-17(21)24-10-16(22)18-9-15-4-3-7-23-15/h3-8,11H,9-10H2,1-2H3,(H,18,22). The Hall–Kier alpha value is -2.12. The molecule has 0 bridgehead atoms. The van der Waals surface area contributed by atoms with Crippen LogP contribution in [-0.2, 0) is 11.3 Å². The van der Waals surface area contributed by atoms with Gasteiger partial charge in [0.25, 0.3) is 0 Å². The summed E-state index contributed by atoms with van der Waals surface area (Å²) in [7, 11) is 0. The number of aromatic nitrogens is 3. The summed E-state index contributed by atoms with van der Waals surface area (Å²) in [4.78, 5) is 13.1. The van der Waals surface area contributed by atoms with E-state index in [1.165, 1.54) is 22.9 Å². The maximum absolute atomic E-state index is 12.0. The third-order valence-electron chi connectivity index (χ3n) is 3.66. The lowest BCUT2D eigenvalue weighted by Crippen LogP contribution is -2.24. The number of nitrogens with one attached hydrogen (secondary N) is 1. The van der Waals surface area contributed by atoms with E-state index in [1.54, 1.807) is 17.7 Å². The van der Waals surface area contributed by atoms with Gasteiger partial charge in [0, 0.05) is 10.6 Å². The summed E-state index contributed by atoms with van der Waals surface area (Å²) in [6.45, 7) is 4.73.